The zero-order chi connectivity index (χ0) is 27.7. The molecule has 0 atom stereocenters. The fourth-order valence-electron chi connectivity index (χ4n) is 5.47. The highest BCUT2D eigenvalue weighted by atomic mass is 35.5. The van der Waals surface area contributed by atoms with Crippen LogP contribution in [0.4, 0.5) is 8.78 Å². The lowest BCUT2D eigenvalue weighted by Crippen LogP contribution is -2.39. The van der Waals surface area contributed by atoms with Gasteiger partial charge in [0.15, 0.2) is 0 Å². The molecule has 1 fully saturated rings. The molecule has 0 bridgehead atoms. The minimum Gasteiger partial charge on any atom is -0.349 e. The Morgan fingerprint density at radius 3 is 2.49 bits per heavy atom. The van der Waals surface area contributed by atoms with Crippen LogP contribution in [-0.2, 0) is 13.0 Å². The average molecular weight is 554 g/mol. The summed E-state index contributed by atoms with van der Waals surface area (Å²) in [4.78, 5) is 34.6. The molecule has 1 aromatic carbocycles. The highest BCUT2D eigenvalue weighted by molar-refractivity contribution is 6.30. The molecule has 0 spiro atoms. The number of rotatable bonds is 7. The number of carbonyl (C=O) groups is 1. The van der Waals surface area contributed by atoms with Gasteiger partial charge >= 0.3 is 5.69 Å². The molecular weight excluding hydrogens is 524 g/mol. The Labute approximate surface area is 229 Å². The maximum Gasteiger partial charge on any atom is 0.333 e. The van der Waals surface area contributed by atoms with Crippen LogP contribution < -0.4 is 11.0 Å². The molecule has 5 rings (SSSR count). The third-order valence-corrected chi connectivity index (χ3v) is 7.74. The van der Waals surface area contributed by atoms with Gasteiger partial charge in [-0.25, -0.2) is 13.6 Å². The molecule has 7 nitrogen and oxygen atoms in total. The second-order valence-electron chi connectivity index (χ2n) is 10.1. The predicted octanol–water partition coefficient (Wildman–Crippen LogP) is 6.03. The van der Waals surface area contributed by atoms with E-state index in [1.54, 1.807) is 10.8 Å². The Balaban J connectivity index is 1.32. The predicted molar refractivity (Wildman–Crippen MR) is 147 cm³/mol. The van der Waals surface area contributed by atoms with Crippen LogP contribution >= 0.6 is 11.6 Å². The maximum atomic E-state index is 13.7. The van der Waals surface area contributed by atoms with Gasteiger partial charge in [-0.15, -0.1) is 0 Å². The number of nitrogens with zero attached hydrogens (tertiary/aromatic N) is 4. The molecule has 0 radical (unpaired) electrons. The van der Waals surface area contributed by atoms with E-state index in [0.717, 1.165) is 53.4 Å². The molecule has 4 aromatic rings. The monoisotopic (exact) mass is 553 g/mol. The van der Waals surface area contributed by atoms with E-state index in [2.05, 4.69) is 22.2 Å². The third-order valence-electron chi connectivity index (χ3n) is 7.54. The van der Waals surface area contributed by atoms with Crippen molar-refractivity contribution in [1.29, 1.82) is 0 Å². The summed E-state index contributed by atoms with van der Waals surface area (Å²) in [6.45, 7) is 4.60. The number of aromatic nitrogens is 4. The first-order valence-corrected chi connectivity index (χ1v) is 13.5. The van der Waals surface area contributed by atoms with Crippen molar-refractivity contribution in [2.24, 2.45) is 5.92 Å². The van der Waals surface area contributed by atoms with Crippen LogP contribution in [0.3, 0.4) is 0 Å². The van der Waals surface area contributed by atoms with Crippen molar-refractivity contribution in [1.82, 2.24) is 24.4 Å². The first-order valence-electron chi connectivity index (χ1n) is 13.2. The standard InChI is InChI=1S/C29H30ClF2N5O2/c1-3-20-12-17(2)25(15-33-20)37-24-7-5-4-6-23(24)36(29(37)39)16-18-8-10-21(11-9-18)35-28(38)22-13-19(30)14-34-26(22)27(31)32/h4-7,12-15,18,21,27H,3,8-11,16H2,1-2H3,(H,35,38). The molecule has 1 saturated carbocycles. The summed E-state index contributed by atoms with van der Waals surface area (Å²) in [5, 5.41) is 3.00. The number of hydrogen-bond donors (Lipinski definition) is 1. The Hall–Kier alpha value is -3.59. The highest BCUT2D eigenvalue weighted by Gasteiger charge is 2.27. The topological polar surface area (TPSA) is 81.8 Å². The lowest BCUT2D eigenvalue weighted by molar-refractivity contribution is 0.0904. The molecule has 204 valence electrons. The number of nitrogens with one attached hydrogen (secondary N) is 1. The van der Waals surface area contributed by atoms with Crippen molar-refractivity contribution >= 4 is 28.5 Å². The van der Waals surface area contributed by atoms with Crippen LogP contribution in [0.1, 0.15) is 66.3 Å². The number of alkyl halides is 2. The highest BCUT2D eigenvalue weighted by Crippen LogP contribution is 2.29. The van der Waals surface area contributed by atoms with E-state index in [9.17, 15) is 18.4 Å². The molecule has 0 aliphatic heterocycles. The molecule has 10 heteroatoms. The van der Waals surface area contributed by atoms with Crippen LogP contribution in [0, 0.1) is 12.8 Å². The molecule has 0 unspecified atom stereocenters. The number of halogens is 3. The third kappa shape index (κ3) is 5.45. The van der Waals surface area contributed by atoms with Crippen molar-refractivity contribution in [3.63, 3.8) is 0 Å². The first kappa shape index (κ1) is 27.0. The summed E-state index contributed by atoms with van der Waals surface area (Å²) in [7, 11) is 0. The van der Waals surface area contributed by atoms with Gasteiger partial charge in [-0.2, -0.15) is 0 Å². The number of aryl methyl sites for hydroxylation is 2. The normalized spacial score (nSPS) is 17.6. The van der Waals surface area contributed by atoms with Gasteiger partial charge in [0.05, 0.1) is 33.5 Å². The summed E-state index contributed by atoms with van der Waals surface area (Å²) in [6, 6.07) is 10.9. The van der Waals surface area contributed by atoms with Crippen LogP contribution in [0.5, 0.6) is 0 Å². The fraction of sp³-hybridized carbons (Fsp3) is 0.379. The maximum absolute atomic E-state index is 13.7. The largest absolute Gasteiger partial charge is 0.349 e. The van der Waals surface area contributed by atoms with Gasteiger partial charge in [0, 0.05) is 24.5 Å². The van der Waals surface area contributed by atoms with Crippen LogP contribution in [0.15, 0.2) is 53.6 Å². The Kier molecular flexibility index (Phi) is 7.79. The quantitative estimate of drug-likeness (QED) is 0.303. The zero-order valence-corrected chi connectivity index (χ0v) is 22.6. The number of amides is 1. The van der Waals surface area contributed by atoms with Gasteiger partial charge in [0.1, 0.15) is 5.69 Å². The summed E-state index contributed by atoms with van der Waals surface area (Å²) in [6.07, 6.45) is 3.79. The van der Waals surface area contributed by atoms with E-state index in [0.29, 0.717) is 19.4 Å². The molecule has 1 amide bonds. The molecule has 3 aromatic heterocycles. The van der Waals surface area contributed by atoms with Crippen molar-refractivity contribution in [3.8, 4) is 5.69 Å². The number of pyridine rings is 2. The van der Waals surface area contributed by atoms with Crippen molar-refractivity contribution in [3.05, 3.63) is 86.8 Å². The number of benzene rings is 1. The second-order valence-corrected chi connectivity index (χ2v) is 10.5. The molecule has 39 heavy (non-hydrogen) atoms. The SMILES string of the molecule is CCc1cc(C)c(-n2c(=O)n(CC3CCC(NC(=O)c4cc(Cl)cnc4C(F)F)CC3)c3ccccc32)cn1. The van der Waals surface area contributed by atoms with Crippen LogP contribution in [-0.4, -0.2) is 31.1 Å². The number of carbonyl (C=O) groups excluding carboxylic acids is 1. The van der Waals surface area contributed by atoms with Crippen LogP contribution in [0.25, 0.3) is 16.7 Å². The van der Waals surface area contributed by atoms with E-state index in [1.165, 1.54) is 6.07 Å². The number of para-hydroxylation sites is 2. The smallest absolute Gasteiger partial charge is 0.333 e. The lowest BCUT2D eigenvalue weighted by Gasteiger charge is -2.29. The van der Waals surface area contributed by atoms with Gasteiger partial charge in [-0.3, -0.25) is 23.9 Å². The van der Waals surface area contributed by atoms with Crippen molar-refractivity contribution < 1.29 is 13.6 Å². The summed E-state index contributed by atoms with van der Waals surface area (Å²) < 4.78 is 30.3. The van der Waals surface area contributed by atoms with E-state index in [-0.39, 0.29) is 28.2 Å². The number of fused-ring (bicyclic) bond motifs is 1. The summed E-state index contributed by atoms with van der Waals surface area (Å²) in [5.41, 5.74) is 3.58. The Morgan fingerprint density at radius 2 is 1.82 bits per heavy atom. The average Bonchev–Trinajstić information content (AvgIpc) is 3.20. The summed E-state index contributed by atoms with van der Waals surface area (Å²) in [5.74, 6) is -0.359. The minimum atomic E-state index is -2.87. The van der Waals surface area contributed by atoms with Gasteiger partial charge in [-0.1, -0.05) is 30.7 Å². The molecule has 3 heterocycles. The number of hydrogen-bond acceptors (Lipinski definition) is 4. The Morgan fingerprint density at radius 1 is 1.10 bits per heavy atom. The van der Waals surface area contributed by atoms with E-state index in [1.807, 2.05) is 41.8 Å². The van der Waals surface area contributed by atoms with E-state index < -0.39 is 18.0 Å². The van der Waals surface area contributed by atoms with Crippen LogP contribution in [0.2, 0.25) is 5.02 Å². The minimum absolute atomic E-state index is 0.103. The van der Waals surface area contributed by atoms with Gasteiger partial charge in [0.25, 0.3) is 12.3 Å². The van der Waals surface area contributed by atoms with E-state index >= 15 is 0 Å². The fourth-order valence-corrected chi connectivity index (χ4v) is 5.63. The lowest BCUT2D eigenvalue weighted by atomic mass is 9.85. The van der Waals surface area contributed by atoms with Gasteiger partial charge in [0.2, 0.25) is 0 Å². The molecule has 1 aliphatic rings. The Bertz CT molecular complexity index is 1570. The van der Waals surface area contributed by atoms with Crippen molar-refractivity contribution in [2.75, 3.05) is 0 Å². The van der Waals surface area contributed by atoms with Crippen molar-refractivity contribution in [2.45, 2.75) is 65.0 Å². The van der Waals surface area contributed by atoms with Gasteiger partial charge < -0.3 is 5.32 Å². The van der Waals surface area contributed by atoms with Gasteiger partial charge in [-0.05, 0) is 74.8 Å². The van der Waals surface area contributed by atoms with E-state index in [4.69, 9.17) is 11.6 Å². The number of imidazole rings is 1. The molecule has 1 N–H and O–H groups in total. The zero-order valence-electron chi connectivity index (χ0n) is 21.8. The first-order chi connectivity index (χ1) is 18.8. The summed E-state index contributed by atoms with van der Waals surface area (Å²) >= 11 is 5.90. The molecule has 1 aliphatic carbocycles. The second kappa shape index (κ2) is 11.3. The molecular formula is C29H30ClF2N5O2. The molecule has 0 saturated heterocycles.